The molecule has 0 aromatic heterocycles. The third-order valence-corrected chi connectivity index (χ3v) is 5.83. The van der Waals surface area contributed by atoms with Crippen molar-refractivity contribution in [2.45, 2.75) is 52.6 Å². The predicted molar refractivity (Wildman–Crippen MR) is 136 cm³/mol. The Balaban J connectivity index is 1.89. The Bertz CT molecular complexity index is 1060. The van der Waals surface area contributed by atoms with Crippen molar-refractivity contribution in [3.8, 4) is 22.3 Å². The molecule has 0 fully saturated rings. The molecule has 0 saturated heterocycles. The summed E-state index contributed by atoms with van der Waals surface area (Å²) in [5.74, 6) is -0.383. The molecular formula is C30H34O3. The maximum atomic E-state index is 12.0. The molecule has 3 nitrogen and oxygen atoms in total. The maximum absolute atomic E-state index is 12.0. The van der Waals surface area contributed by atoms with E-state index in [1.807, 2.05) is 12.1 Å². The summed E-state index contributed by atoms with van der Waals surface area (Å²) in [6.45, 7) is 7.90. The molecule has 0 spiro atoms. The first kappa shape index (κ1) is 24.5. The topological polar surface area (TPSA) is 46.5 Å². The summed E-state index contributed by atoms with van der Waals surface area (Å²) in [4.78, 5) is 12.0. The molecule has 0 aliphatic carbocycles. The van der Waals surface area contributed by atoms with E-state index < -0.39 is 0 Å². The van der Waals surface area contributed by atoms with Gasteiger partial charge in [-0.3, -0.25) is 0 Å². The fourth-order valence-corrected chi connectivity index (χ4v) is 3.86. The summed E-state index contributed by atoms with van der Waals surface area (Å²) >= 11 is 0. The molecule has 0 atom stereocenters. The van der Waals surface area contributed by atoms with Gasteiger partial charge >= 0.3 is 5.97 Å². The van der Waals surface area contributed by atoms with Crippen molar-refractivity contribution >= 4 is 5.97 Å². The van der Waals surface area contributed by atoms with Crippen molar-refractivity contribution in [2.24, 2.45) is 0 Å². The third-order valence-electron chi connectivity index (χ3n) is 5.83. The molecule has 0 saturated carbocycles. The number of carbonyl (C=O) groups excluding carboxylic acids is 1. The minimum absolute atomic E-state index is 0.143. The third kappa shape index (κ3) is 6.90. The van der Waals surface area contributed by atoms with Gasteiger partial charge in [0.05, 0.1) is 0 Å². The molecule has 0 amide bonds. The van der Waals surface area contributed by atoms with Crippen molar-refractivity contribution in [2.75, 3.05) is 6.61 Å². The Morgan fingerprint density at radius 1 is 0.848 bits per heavy atom. The van der Waals surface area contributed by atoms with Crippen molar-refractivity contribution < 1.29 is 14.6 Å². The molecule has 0 aliphatic rings. The number of ether oxygens (including phenoxy) is 1. The Morgan fingerprint density at radius 2 is 1.45 bits per heavy atom. The number of aryl methyl sites for hydroxylation is 1. The van der Waals surface area contributed by atoms with Gasteiger partial charge in [0.15, 0.2) is 0 Å². The lowest BCUT2D eigenvalue weighted by atomic mass is 9.94. The minimum atomic E-state index is -0.383. The average Bonchev–Trinajstić information content (AvgIpc) is 2.83. The summed E-state index contributed by atoms with van der Waals surface area (Å²) in [7, 11) is 0. The zero-order chi connectivity index (χ0) is 23.6. The van der Waals surface area contributed by atoms with Gasteiger partial charge < -0.3 is 9.84 Å². The number of aliphatic hydroxyl groups excluding tert-OH is 1. The molecule has 0 aliphatic heterocycles. The van der Waals surface area contributed by atoms with Gasteiger partial charge in [-0.05, 0) is 71.2 Å². The van der Waals surface area contributed by atoms with Crippen LogP contribution in [0, 0.1) is 0 Å². The standard InChI is InChI=1S/C30H34O3/c1-4-5-6-7-23-10-14-26(15-11-23)29-17-16-27(20-28(29)21-33-30(32)22(2)3)25-12-8-24(9-13-25)18-19-31/h8-17,20,31H,2,4-7,18-19,21H2,1,3H3. The Hall–Kier alpha value is -3.17. The normalized spacial score (nSPS) is 10.8. The number of rotatable bonds is 11. The summed E-state index contributed by atoms with van der Waals surface area (Å²) in [5.41, 5.74) is 8.12. The number of esters is 1. The van der Waals surface area contributed by atoms with Gasteiger partial charge in [-0.1, -0.05) is 87.0 Å². The van der Waals surface area contributed by atoms with Crippen LogP contribution in [-0.2, 0) is 29.0 Å². The van der Waals surface area contributed by atoms with Gasteiger partial charge in [0.2, 0.25) is 0 Å². The monoisotopic (exact) mass is 442 g/mol. The van der Waals surface area contributed by atoms with Crippen LogP contribution in [0.2, 0.25) is 0 Å². The highest BCUT2D eigenvalue weighted by Gasteiger charge is 2.11. The van der Waals surface area contributed by atoms with Crippen molar-refractivity contribution in [3.05, 3.63) is 95.6 Å². The van der Waals surface area contributed by atoms with Crippen LogP contribution in [0.3, 0.4) is 0 Å². The summed E-state index contributed by atoms with van der Waals surface area (Å²) < 4.78 is 5.52. The molecular weight excluding hydrogens is 408 g/mol. The van der Waals surface area contributed by atoms with Crippen molar-refractivity contribution in [1.82, 2.24) is 0 Å². The van der Waals surface area contributed by atoms with Crippen molar-refractivity contribution in [1.29, 1.82) is 0 Å². The Morgan fingerprint density at radius 3 is 2.06 bits per heavy atom. The van der Waals surface area contributed by atoms with Crippen LogP contribution in [0.15, 0.2) is 78.9 Å². The molecule has 3 aromatic rings. The average molecular weight is 443 g/mol. The predicted octanol–water partition coefficient (Wildman–Crippen LogP) is 6.91. The van der Waals surface area contributed by atoms with Crippen molar-refractivity contribution in [3.63, 3.8) is 0 Å². The van der Waals surface area contributed by atoms with E-state index in [0.29, 0.717) is 12.0 Å². The van der Waals surface area contributed by atoms with Crippen LogP contribution < -0.4 is 0 Å². The molecule has 0 unspecified atom stereocenters. The minimum Gasteiger partial charge on any atom is -0.457 e. The van der Waals surface area contributed by atoms with E-state index in [4.69, 9.17) is 9.84 Å². The van der Waals surface area contributed by atoms with E-state index in [2.05, 4.69) is 68.1 Å². The fraction of sp³-hybridized carbons (Fsp3) is 0.300. The Kier molecular flexibility index (Phi) is 9.03. The van der Waals surface area contributed by atoms with E-state index in [9.17, 15) is 4.79 Å². The van der Waals surface area contributed by atoms with Gasteiger partial charge in [0.25, 0.3) is 0 Å². The highest BCUT2D eigenvalue weighted by molar-refractivity contribution is 5.87. The van der Waals surface area contributed by atoms with E-state index in [1.165, 1.54) is 24.8 Å². The molecule has 3 aromatic carbocycles. The molecule has 172 valence electrons. The number of hydrogen-bond donors (Lipinski definition) is 1. The summed E-state index contributed by atoms with van der Waals surface area (Å²) in [6, 6.07) is 23.2. The number of benzene rings is 3. The largest absolute Gasteiger partial charge is 0.457 e. The first-order valence-electron chi connectivity index (χ1n) is 11.8. The first-order chi connectivity index (χ1) is 16.0. The second-order valence-corrected chi connectivity index (χ2v) is 8.55. The molecule has 3 heteroatoms. The zero-order valence-electron chi connectivity index (χ0n) is 19.8. The van der Waals surface area contributed by atoms with Crippen LogP contribution >= 0.6 is 0 Å². The van der Waals surface area contributed by atoms with Gasteiger partial charge in [-0.25, -0.2) is 4.79 Å². The highest BCUT2D eigenvalue weighted by Crippen LogP contribution is 2.30. The summed E-state index contributed by atoms with van der Waals surface area (Å²) in [6.07, 6.45) is 5.44. The number of unbranched alkanes of at least 4 members (excludes halogenated alkanes) is 2. The quantitative estimate of drug-likeness (QED) is 0.199. The second-order valence-electron chi connectivity index (χ2n) is 8.55. The maximum Gasteiger partial charge on any atom is 0.333 e. The van der Waals surface area contributed by atoms with Crippen LogP contribution in [-0.4, -0.2) is 17.7 Å². The number of carbonyl (C=O) groups is 1. The highest BCUT2D eigenvalue weighted by atomic mass is 16.5. The zero-order valence-corrected chi connectivity index (χ0v) is 19.8. The van der Waals surface area contributed by atoms with Gasteiger partial charge in [0.1, 0.15) is 6.61 Å². The number of hydrogen-bond acceptors (Lipinski definition) is 3. The molecule has 0 radical (unpaired) electrons. The first-order valence-corrected chi connectivity index (χ1v) is 11.8. The van der Waals surface area contributed by atoms with Gasteiger partial charge in [-0.2, -0.15) is 0 Å². The molecule has 33 heavy (non-hydrogen) atoms. The Labute approximate surface area is 197 Å². The van der Waals surface area contributed by atoms with E-state index >= 15 is 0 Å². The lowest BCUT2D eigenvalue weighted by Crippen LogP contribution is -2.06. The fourth-order valence-electron chi connectivity index (χ4n) is 3.86. The second kappa shape index (κ2) is 12.2. The van der Waals surface area contributed by atoms with Crippen LogP contribution in [0.1, 0.15) is 49.8 Å². The lowest BCUT2D eigenvalue weighted by molar-refractivity contribution is -0.140. The van der Waals surface area contributed by atoms with Crippen LogP contribution in [0.25, 0.3) is 22.3 Å². The van der Waals surface area contributed by atoms with E-state index in [-0.39, 0.29) is 19.2 Å². The lowest BCUT2D eigenvalue weighted by Gasteiger charge is -2.14. The SMILES string of the molecule is C=C(C)C(=O)OCc1cc(-c2ccc(CCO)cc2)ccc1-c1ccc(CCCCC)cc1. The van der Waals surface area contributed by atoms with Crippen LogP contribution in [0.5, 0.6) is 0 Å². The smallest absolute Gasteiger partial charge is 0.333 e. The van der Waals surface area contributed by atoms with Gasteiger partial charge in [0, 0.05) is 12.2 Å². The van der Waals surface area contributed by atoms with Crippen LogP contribution in [0.4, 0.5) is 0 Å². The molecule has 0 heterocycles. The molecule has 0 bridgehead atoms. The molecule has 3 rings (SSSR count). The summed E-state index contributed by atoms with van der Waals surface area (Å²) in [5, 5.41) is 9.15. The van der Waals surface area contributed by atoms with E-state index in [0.717, 1.165) is 39.8 Å². The van der Waals surface area contributed by atoms with E-state index in [1.54, 1.807) is 6.92 Å². The molecule has 1 N–H and O–H groups in total. The number of aliphatic hydroxyl groups is 1. The van der Waals surface area contributed by atoms with Gasteiger partial charge in [-0.15, -0.1) is 0 Å².